The van der Waals surface area contributed by atoms with Crippen LogP contribution in [-0.4, -0.2) is 25.5 Å². The minimum Gasteiger partial charge on any atom is -0.319 e. The molecule has 0 saturated carbocycles. The predicted molar refractivity (Wildman–Crippen MR) is 104 cm³/mol. The van der Waals surface area contributed by atoms with Gasteiger partial charge < -0.3 is 4.57 Å². The summed E-state index contributed by atoms with van der Waals surface area (Å²) in [5.41, 5.74) is 5.43. The highest BCUT2D eigenvalue weighted by atomic mass is 32.2. The molecular weight excluding hydrogens is 328 g/mol. The van der Waals surface area contributed by atoms with Crippen molar-refractivity contribution in [1.29, 1.82) is 0 Å². The molecule has 0 N–H and O–H groups in total. The molecule has 0 aliphatic rings. The summed E-state index contributed by atoms with van der Waals surface area (Å²) >= 11 is 1.67. The monoisotopic (exact) mass is 348 g/mol. The number of benzene rings is 2. The van der Waals surface area contributed by atoms with Crippen LogP contribution >= 0.6 is 11.8 Å². The minimum absolute atomic E-state index is 0.753. The molecule has 0 fully saturated rings. The molecule has 4 nitrogen and oxygen atoms in total. The average molecular weight is 348 g/mol. The van der Waals surface area contributed by atoms with Crippen molar-refractivity contribution in [2.24, 2.45) is 0 Å². The van der Waals surface area contributed by atoms with Crippen molar-refractivity contribution < 1.29 is 0 Å². The van der Waals surface area contributed by atoms with Crippen LogP contribution in [0, 0.1) is 6.92 Å². The van der Waals surface area contributed by atoms with Crippen LogP contribution in [0.4, 0.5) is 0 Å². The van der Waals surface area contributed by atoms with Gasteiger partial charge in [0.05, 0.1) is 5.52 Å². The summed E-state index contributed by atoms with van der Waals surface area (Å²) in [5.74, 6) is 1.01. The van der Waals surface area contributed by atoms with E-state index in [9.17, 15) is 0 Å². The van der Waals surface area contributed by atoms with E-state index in [1.807, 2.05) is 6.07 Å². The topological polar surface area (TPSA) is 43.6 Å². The summed E-state index contributed by atoms with van der Waals surface area (Å²) in [7, 11) is 0. The second-order valence-electron chi connectivity index (χ2n) is 6.21. The molecule has 0 aliphatic carbocycles. The van der Waals surface area contributed by atoms with Crippen molar-refractivity contribution in [1.82, 2.24) is 19.7 Å². The fraction of sp³-hybridized carbons (Fsp3) is 0.250. The molecule has 0 unspecified atom stereocenters. The van der Waals surface area contributed by atoms with Gasteiger partial charge in [-0.3, -0.25) is 0 Å². The molecular formula is C20H20N4S. The number of rotatable bonds is 5. The van der Waals surface area contributed by atoms with Gasteiger partial charge >= 0.3 is 0 Å². The molecule has 5 heteroatoms. The third-order valence-electron chi connectivity index (χ3n) is 4.22. The van der Waals surface area contributed by atoms with Gasteiger partial charge in [-0.15, -0.1) is 10.2 Å². The normalized spacial score (nSPS) is 11.4. The highest BCUT2D eigenvalue weighted by Crippen LogP contribution is 2.29. The van der Waals surface area contributed by atoms with E-state index in [4.69, 9.17) is 4.98 Å². The lowest BCUT2D eigenvalue weighted by atomic mass is 10.1. The van der Waals surface area contributed by atoms with Crippen molar-refractivity contribution in [3.63, 3.8) is 0 Å². The minimum atomic E-state index is 0.753. The van der Waals surface area contributed by atoms with Gasteiger partial charge in [0.25, 0.3) is 0 Å². The highest BCUT2D eigenvalue weighted by molar-refractivity contribution is 7.99. The maximum Gasteiger partial charge on any atom is 0.211 e. The highest BCUT2D eigenvalue weighted by Gasteiger charge is 2.15. The first kappa shape index (κ1) is 16.1. The number of hydrogen-bond acceptors (Lipinski definition) is 4. The third kappa shape index (κ3) is 3.12. The Labute approximate surface area is 151 Å². The predicted octanol–water partition coefficient (Wildman–Crippen LogP) is 4.84. The smallest absolute Gasteiger partial charge is 0.211 e. The average Bonchev–Trinajstić information content (AvgIpc) is 2.93. The first-order valence-corrected chi connectivity index (χ1v) is 9.55. The van der Waals surface area contributed by atoms with Gasteiger partial charge in [0.2, 0.25) is 5.16 Å². The van der Waals surface area contributed by atoms with Crippen LogP contribution in [0.3, 0.4) is 0 Å². The van der Waals surface area contributed by atoms with E-state index in [0.29, 0.717) is 0 Å². The van der Waals surface area contributed by atoms with Gasteiger partial charge in [0, 0.05) is 17.7 Å². The molecule has 2 heterocycles. The Balaban J connectivity index is 1.92. The zero-order chi connectivity index (χ0) is 17.2. The van der Waals surface area contributed by atoms with Gasteiger partial charge in [0.15, 0.2) is 5.65 Å². The number of aromatic nitrogens is 4. The molecule has 4 rings (SSSR count). The second-order valence-corrected chi connectivity index (χ2v) is 7.27. The summed E-state index contributed by atoms with van der Waals surface area (Å²) < 4.78 is 2.25. The Hall–Kier alpha value is -2.40. The maximum atomic E-state index is 4.83. The van der Waals surface area contributed by atoms with Gasteiger partial charge in [-0.2, -0.15) is 0 Å². The number of fused-ring (bicyclic) bond motifs is 3. The van der Waals surface area contributed by atoms with Crippen LogP contribution in [0.5, 0.6) is 0 Å². The molecule has 0 aliphatic heterocycles. The molecule has 0 atom stereocenters. The lowest BCUT2D eigenvalue weighted by molar-refractivity contribution is 0.814. The number of nitrogens with zero attached hydrogens (tertiary/aromatic N) is 4. The fourth-order valence-electron chi connectivity index (χ4n) is 3.04. The largest absolute Gasteiger partial charge is 0.319 e. The first-order valence-electron chi connectivity index (χ1n) is 8.56. The molecule has 0 amide bonds. The molecule has 2 aromatic heterocycles. The quantitative estimate of drug-likeness (QED) is 0.484. The SMILES string of the molecule is CCCSc1nnc2c3cc(C)ccc3n(Cc3ccccc3)c2n1. The van der Waals surface area contributed by atoms with Crippen LogP contribution < -0.4 is 0 Å². The summed E-state index contributed by atoms with van der Waals surface area (Å²) in [4.78, 5) is 4.83. The second kappa shape index (κ2) is 6.84. The van der Waals surface area contributed by atoms with Gasteiger partial charge in [-0.25, -0.2) is 4.98 Å². The molecule has 0 spiro atoms. The van der Waals surface area contributed by atoms with Gasteiger partial charge in [-0.1, -0.05) is 60.6 Å². The first-order chi connectivity index (χ1) is 12.3. The third-order valence-corrected chi connectivity index (χ3v) is 5.26. The number of thioether (sulfide) groups is 1. The van der Waals surface area contributed by atoms with E-state index in [0.717, 1.165) is 45.9 Å². The van der Waals surface area contributed by atoms with E-state index in [-0.39, 0.29) is 0 Å². The molecule has 2 aromatic carbocycles. The zero-order valence-corrected chi connectivity index (χ0v) is 15.3. The molecule has 0 saturated heterocycles. The van der Waals surface area contributed by atoms with Crippen LogP contribution in [0.15, 0.2) is 53.7 Å². The summed E-state index contributed by atoms with van der Waals surface area (Å²) in [6.07, 6.45) is 1.10. The van der Waals surface area contributed by atoms with Crippen molar-refractivity contribution in [3.8, 4) is 0 Å². The summed E-state index contributed by atoms with van der Waals surface area (Å²) in [6.45, 7) is 5.04. The van der Waals surface area contributed by atoms with E-state index < -0.39 is 0 Å². The number of aryl methyl sites for hydroxylation is 1. The summed E-state index contributed by atoms with van der Waals surface area (Å²) in [6, 6.07) is 17.0. The van der Waals surface area contributed by atoms with E-state index in [1.54, 1.807) is 11.8 Å². The lowest BCUT2D eigenvalue weighted by Gasteiger charge is -2.07. The summed E-state index contributed by atoms with van der Waals surface area (Å²) in [5, 5.41) is 10.7. The lowest BCUT2D eigenvalue weighted by Crippen LogP contribution is -2.02. The van der Waals surface area contributed by atoms with Crippen molar-refractivity contribution in [2.45, 2.75) is 32.0 Å². The van der Waals surface area contributed by atoms with E-state index in [1.165, 1.54) is 11.1 Å². The van der Waals surface area contributed by atoms with E-state index in [2.05, 4.69) is 71.1 Å². The maximum absolute atomic E-state index is 4.83. The Kier molecular flexibility index (Phi) is 4.40. The van der Waals surface area contributed by atoms with Crippen molar-refractivity contribution >= 4 is 33.8 Å². The molecule has 126 valence electrons. The molecule has 25 heavy (non-hydrogen) atoms. The Morgan fingerprint density at radius 2 is 1.88 bits per heavy atom. The van der Waals surface area contributed by atoms with Gasteiger partial charge in [-0.05, 0) is 31.0 Å². The van der Waals surface area contributed by atoms with E-state index >= 15 is 0 Å². The molecule has 0 radical (unpaired) electrons. The van der Waals surface area contributed by atoms with Crippen LogP contribution in [0.2, 0.25) is 0 Å². The molecule has 0 bridgehead atoms. The molecule has 4 aromatic rings. The van der Waals surface area contributed by atoms with Crippen LogP contribution in [0.25, 0.3) is 22.1 Å². The Morgan fingerprint density at radius 1 is 1.04 bits per heavy atom. The Morgan fingerprint density at radius 3 is 2.68 bits per heavy atom. The van der Waals surface area contributed by atoms with Crippen LogP contribution in [-0.2, 0) is 6.54 Å². The van der Waals surface area contributed by atoms with Gasteiger partial charge in [0.1, 0.15) is 5.52 Å². The van der Waals surface area contributed by atoms with Crippen LogP contribution in [0.1, 0.15) is 24.5 Å². The fourth-order valence-corrected chi connectivity index (χ4v) is 3.67. The van der Waals surface area contributed by atoms with Crippen molar-refractivity contribution in [3.05, 3.63) is 59.7 Å². The number of hydrogen-bond donors (Lipinski definition) is 0. The zero-order valence-electron chi connectivity index (χ0n) is 14.4. The standard InChI is InChI=1S/C20H20N4S/c1-3-11-25-20-21-19-18(22-23-20)16-12-14(2)9-10-17(16)24(19)13-15-7-5-4-6-8-15/h4-10,12H,3,11,13H2,1-2H3. The Bertz CT molecular complexity index is 1020. The van der Waals surface area contributed by atoms with Crippen molar-refractivity contribution in [2.75, 3.05) is 5.75 Å².